The van der Waals surface area contributed by atoms with E-state index in [1.165, 1.54) is 6.42 Å². The first-order valence-corrected chi connectivity index (χ1v) is 9.39. The summed E-state index contributed by atoms with van der Waals surface area (Å²) in [5.74, 6) is 1.44. The minimum Gasteiger partial charge on any atom is -0.371 e. The summed E-state index contributed by atoms with van der Waals surface area (Å²) < 4.78 is 24.0. The normalized spacial score (nSPS) is 20.1. The molecule has 1 aromatic carbocycles. The molecule has 0 radical (unpaired) electrons. The van der Waals surface area contributed by atoms with Crippen LogP contribution in [0.5, 0.6) is 0 Å². The van der Waals surface area contributed by atoms with Crippen molar-refractivity contribution in [2.45, 2.75) is 31.1 Å². The standard InChI is InChI=1S/C15H22ClNO2S/c1-2-10-20(18,19)15-7-5-14(6-8-15)17-9-3-4-13(11-16)12-17/h5-8,13H,2-4,9-12H2,1H3. The van der Waals surface area contributed by atoms with Crippen molar-refractivity contribution in [3.63, 3.8) is 0 Å². The molecule has 0 aromatic heterocycles. The molecule has 1 aliphatic rings. The molecule has 0 saturated carbocycles. The highest BCUT2D eigenvalue weighted by atomic mass is 35.5. The summed E-state index contributed by atoms with van der Waals surface area (Å²) >= 11 is 5.95. The Bertz CT molecular complexity index is 527. The molecule has 1 aliphatic heterocycles. The molecule has 1 fully saturated rings. The lowest BCUT2D eigenvalue weighted by Gasteiger charge is -2.33. The van der Waals surface area contributed by atoms with E-state index in [0.29, 0.717) is 23.1 Å². The third-order valence-electron chi connectivity index (χ3n) is 3.77. The highest BCUT2D eigenvalue weighted by Gasteiger charge is 2.20. The number of halogens is 1. The second-order valence-corrected chi connectivity index (χ2v) is 7.84. The third kappa shape index (κ3) is 3.67. The molecule has 1 unspecified atom stereocenters. The highest BCUT2D eigenvalue weighted by molar-refractivity contribution is 7.91. The van der Waals surface area contributed by atoms with Crippen LogP contribution in [0.4, 0.5) is 5.69 Å². The van der Waals surface area contributed by atoms with Crippen LogP contribution in [0.1, 0.15) is 26.2 Å². The zero-order chi connectivity index (χ0) is 14.6. The van der Waals surface area contributed by atoms with E-state index in [2.05, 4.69) is 4.90 Å². The fraction of sp³-hybridized carbons (Fsp3) is 0.600. The van der Waals surface area contributed by atoms with Crippen molar-refractivity contribution >= 4 is 27.1 Å². The molecular formula is C15H22ClNO2S. The molecule has 0 spiro atoms. The maximum atomic E-state index is 12.0. The molecule has 20 heavy (non-hydrogen) atoms. The van der Waals surface area contributed by atoms with Gasteiger partial charge in [0.2, 0.25) is 0 Å². The van der Waals surface area contributed by atoms with Crippen molar-refractivity contribution < 1.29 is 8.42 Å². The number of hydrogen-bond donors (Lipinski definition) is 0. The Hall–Kier alpha value is -0.740. The van der Waals surface area contributed by atoms with Crippen LogP contribution in [-0.2, 0) is 9.84 Å². The molecule has 112 valence electrons. The fourth-order valence-corrected chi connectivity index (χ4v) is 4.25. The van der Waals surface area contributed by atoms with Crippen LogP contribution in [0, 0.1) is 5.92 Å². The predicted octanol–water partition coefficient (Wildman–Crippen LogP) is 3.33. The maximum absolute atomic E-state index is 12.0. The number of benzene rings is 1. The lowest BCUT2D eigenvalue weighted by Crippen LogP contribution is -2.36. The van der Waals surface area contributed by atoms with Gasteiger partial charge in [0.1, 0.15) is 0 Å². The van der Waals surface area contributed by atoms with E-state index in [0.717, 1.165) is 25.2 Å². The van der Waals surface area contributed by atoms with Gasteiger partial charge >= 0.3 is 0 Å². The Labute approximate surface area is 126 Å². The monoisotopic (exact) mass is 315 g/mol. The zero-order valence-electron chi connectivity index (χ0n) is 11.9. The van der Waals surface area contributed by atoms with Crippen molar-refractivity contribution in [1.82, 2.24) is 0 Å². The van der Waals surface area contributed by atoms with E-state index in [-0.39, 0.29) is 5.75 Å². The Morgan fingerprint density at radius 2 is 2.00 bits per heavy atom. The average Bonchev–Trinajstić information content (AvgIpc) is 2.47. The van der Waals surface area contributed by atoms with Crippen molar-refractivity contribution in [2.24, 2.45) is 5.92 Å². The van der Waals surface area contributed by atoms with Crippen molar-refractivity contribution in [3.8, 4) is 0 Å². The van der Waals surface area contributed by atoms with E-state index in [9.17, 15) is 8.42 Å². The van der Waals surface area contributed by atoms with Gasteiger partial charge in [0.25, 0.3) is 0 Å². The molecular weight excluding hydrogens is 294 g/mol. The van der Waals surface area contributed by atoms with Gasteiger partial charge in [0.15, 0.2) is 9.84 Å². The number of nitrogens with zero attached hydrogens (tertiary/aromatic N) is 1. The van der Waals surface area contributed by atoms with E-state index >= 15 is 0 Å². The quantitative estimate of drug-likeness (QED) is 0.782. The van der Waals surface area contributed by atoms with Gasteiger partial charge in [0.05, 0.1) is 10.6 Å². The molecule has 5 heteroatoms. The summed E-state index contributed by atoms with van der Waals surface area (Å²) in [5.41, 5.74) is 1.09. The predicted molar refractivity (Wildman–Crippen MR) is 84.4 cm³/mol. The van der Waals surface area contributed by atoms with E-state index in [1.807, 2.05) is 19.1 Å². The Kier molecular flexibility index (Phi) is 5.33. The van der Waals surface area contributed by atoms with E-state index in [1.54, 1.807) is 12.1 Å². The van der Waals surface area contributed by atoms with Crippen LogP contribution in [0.25, 0.3) is 0 Å². The summed E-state index contributed by atoms with van der Waals surface area (Å²) in [7, 11) is -3.11. The number of rotatable bonds is 5. The van der Waals surface area contributed by atoms with Gasteiger partial charge in [0, 0.05) is 24.7 Å². The molecule has 3 nitrogen and oxygen atoms in total. The van der Waals surface area contributed by atoms with Crippen LogP contribution in [0.15, 0.2) is 29.2 Å². The van der Waals surface area contributed by atoms with Gasteiger partial charge in [-0.3, -0.25) is 0 Å². The van der Waals surface area contributed by atoms with Crippen LogP contribution in [0.3, 0.4) is 0 Å². The molecule has 1 saturated heterocycles. The van der Waals surface area contributed by atoms with E-state index in [4.69, 9.17) is 11.6 Å². The average molecular weight is 316 g/mol. The van der Waals surface area contributed by atoms with Crippen molar-refractivity contribution in [3.05, 3.63) is 24.3 Å². The van der Waals surface area contributed by atoms with Gasteiger partial charge in [-0.2, -0.15) is 0 Å². The maximum Gasteiger partial charge on any atom is 0.178 e. The minimum atomic E-state index is -3.11. The molecule has 0 N–H and O–H groups in total. The molecule has 0 aliphatic carbocycles. The van der Waals surface area contributed by atoms with Crippen LogP contribution >= 0.6 is 11.6 Å². The SMILES string of the molecule is CCCS(=O)(=O)c1ccc(N2CCCC(CCl)C2)cc1. The Morgan fingerprint density at radius 1 is 1.30 bits per heavy atom. The number of hydrogen-bond acceptors (Lipinski definition) is 3. The summed E-state index contributed by atoms with van der Waals surface area (Å²) in [6.45, 7) is 3.87. The van der Waals surface area contributed by atoms with Gasteiger partial charge in [-0.1, -0.05) is 6.92 Å². The topological polar surface area (TPSA) is 37.4 Å². The summed E-state index contributed by atoms with van der Waals surface area (Å²) in [4.78, 5) is 2.72. The Morgan fingerprint density at radius 3 is 2.60 bits per heavy atom. The largest absolute Gasteiger partial charge is 0.371 e. The smallest absolute Gasteiger partial charge is 0.178 e. The molecule has 0 amide bonds. The lowest BCUT2D eigenvalue weighted by molar-refractivity contribution is 0.451. The summed E-state index contributed by atoms with van der Waals surface area (Å²) in [5, 5.41) is 0. The van der Waals surface area contributed by atoms with Crippen LogP contribution in [-0.4, -0.2) is 33.1 Å². The second kappa shape index (κ2) is 6.81. The molecule has 1 heterocycles. The van der Waals surface area contributed by atoms with Crippen molar-refractivity contribution in [1.29, 1.82) is 0 Å². The number of anilines is 1. The first-order valence-electron chi connectivity index (χ1n) is 7.20. The number of piperidine rings is 1. The number of alkyl halides is 1. The third-order valence-corrected chi connectivity index (χ3v) is 6.14. The minimum absolute atomic E-state index is 0.213. The first-order chi connectivity index (χ1) is 9.56. The molecule has 1 aromatic rings. The second-order valence-electron chi connectivity index (χ2n) is 5.42. The zero-order valence-corrected chi connectivity index (χ0v) is 13.5. The first kappa shape index (κ1) is 15.6. The van der Waals surface area contributed by atoms with Gasteiger partial charge in [-0.25, -0.2) is 8.42 Å². The fourth-order valence-electron chi connectivity index (χ4n) is 2.68. The molecule has 1 atom stereocenters. The van der Waals surface area contributed by atoms with Gasteiger partial charge < -0.3 is 4.90 Å². The van der Waals surface area contributed by atoms with E-state index < -0.39 is 9.84 Å². The lowest BCUT2D eigenvalue weighted by atomic mass is 9.99. The number of sulfone groups is 1. The highest BCUT2D eigenvalue weighted by Crippen LogP contribution is 2.25. The Balaban J connectivity index is 2.12. The summed E-state index contributed by atoms with van der Waals surface area (Å²) in [6.07, 6.45) is 2.98. The summed E-state index contributed by atoms with van der Waals surface area (Å²) in [6, 6.07) is 7.29. The van der Waals surface area contributed by atoms with Crippen molar-refractivity contribution in [2.75, 3.05) is 29.6 Å². The van der Waals surface area contributed by atoms with Crippen LogP contribution < -0.4 is 4.90 Å². The molecule has 0 bridgehead atoms. The van der Waals surface area contributed by atoms with Crippen LogP contribution in [0.2, 0.25) is 0 Å². The van der Waals surface area contributed by atoms with Gasteiger partial charge in [-0.05, 0) is 49.4 Å². The molecule has 2 rings (SSSR count). The van der Waals surface area contributed by atoms with Gasteiger partial charge in [-0.15, -0.1) is 11.6 Å².